The van der Waals surface area contributed by atoms with E-state index in [1.165, 1.54) is 12.1 Å². The standard InChI is InChI=1S/C14H19FN2O/c1-3-4-13(16)14(18)17-10(2)9-11-5-7-12(15)8-6-11/h3,5-8,10,13H,1,4,9,16H2,2H3,(H,17,18). The molecule has 0 radical (unpaired) electrons. The van der Waals surface area contributed by atoms with Crippen molar-refractivity contribution in [3.8, 4) is 0 Å². The van der Waals surface area contributed by atoms with Gasteiger partial charge in [0, 0.05) is 6.04 Å². The van der Waals surface area contributed by atoms with Crippen LogP contribution in [0.25, 0.3) is 0 Å². The zero-order chi connectivity index (χ0) is 13.5. The number of amides is 1. The van der Waals surface area contributed by atoms with Gasteiger partial charge < -0.3 is 11.1 Å². The van der Waals surface area contributed by atoms with E-state index in [1.807, 2.05) is 6.92 Å². The smallest absolute Gasteiger partial charge is 0.237 e. The summed E-state index contributed by atoms with van der Waals surface area (Å²) in [5.41, 5.74) is 6.63. The van der Waals surface area contributed by atoms with Crippen LogP contribution in [0.3, 0.4) is 0 Å². The van der Waals surface area contributed by atoms with Crippen molar-refractivity contribution in [3.05, 3.63) is 48.3 Å². The van der Waals surface area contributed by atoms with Gasteiger partial charge >= 0.3 is 0 Å². The molecule has 0 saturated heterocycles. The first-order chi connectivity index (χ1) is 8.52. The fraction of sp³-hybridized carbons (Fsp3) is 0.357. The maximum atomic E-state index is 12.7. The minimum Gasteiger partial charge on any atom is -0.352 e. The summed E-state index contributed by atoms with van der Waals surface area (Å²) >= 11 is 0. The summed E-state index contributed by atoms with van der Waals surface area (Å²) in [7, 11) is 0. The number of nitrogens with two attached hydrogens (primary N) is 1. The number of halogens is 1. The Morgan fingerprint density at radius 2 is 2.11 bits per heavy atom. The summed E-state index contributed by atoms with van der Waals surface area (Å²) in [4.78, 5) is 11.6. The van der Waals surface area contributed by atoms with Gasteiger partial charge in [-0.25, -0.2) is 4.39 Å². The zero-order valence-corrected chi connectivity index (χ0v) is 10.5. The van der Waals surface area contributed by atoms with E-state index in [1.54, 1.807) is 18.2 Å². The molecule has 1 amide bonds. The number of carbonyl (C=O) groups is 1. The van der Waals surface area contributed by atoms with Crippen molar-refractivity contribution in [2.24, 2.45) is 5.73 Å². The van der Waals surface area contributed by atoms with Crippen molar-refractivity contribution < 1.29 is 9.18 Å². The fourth-order valence-corrected chi connectivity index (χ4v) is 1.66. The van der Waals surface area contributed by atoms with Crippen LogP contribution in [-0.4, -0.2) is 18.0 Å². The molecule has 2 unspecified atom stereocenters. The van der Waals surface area contributed by atoms with Crippen LogP contribution < -0.4 is 11.1 Å². The predicted molar refractivity (Wildman–Crippen MR) is 70.5 cm³/mol. The Bertz CT molecular complexity index is 403. The van der Waals surface area contributed by atoms with Crippen molar-refractivity contribution >= 4 is 5.91 Å². The highest BCUT2D eigenvalue weighted by Gasteiger charge is 2.14. The molecule has 4 heteroatoms. The molecule has 0 aliphatic heterocycles. The summed E-state index contributed by atoms with van der Waals surface area (Å²) in [5, 5.41) is 2.82. The second-order valence-corrected chi connectivity index (χ2v) is 4.37. The second-order valence-electron chi connectivity index (χ2n) is 4.37. The minimum absolute atomic E-state index is 0.0428. The van der Waals surface area contributed by atoms with E-state index in [2.05, 4.69) is 11.9 Å². The number of carbonyl (C=O) groups excluding carboxylic acids is 1. The fourth-order valence-electron chi connectivity index (χ4n) is 1.66. The molecule has 0 aromatic heterocycles. The van der Waals surface area contributed by atoms with Gasteiger partial charge in [-0.15, -0.1) is 6.58 Å². The van der Waals surface area contributed by atoms with Crippen LogP contribution in [0.15, 0.2) is 36.9 Å². The molecule has 0 bridgehead atoms. The van der Waals surface area contributed by atoms with E-state index in [4.69, 9.17) is 5.73 Å². The number of nitrogens with one attached hydrogen (secondary N) is 1. The van der Waals surface area contributed by atoms with E-state index in [9.17, 15) is 9.18 Å². The Morgan fingerprint density at radius 1 is 1.50 bits per heavy atom. The monoisotopic (exact) mass is 250 g/mol. The van der Waals surface area contributed by atoms with Crippen molar-refractivity contribution in [2.75, 3.05) is 0 Å². The molecule has 18 heavy (non-hydrogen) atoms. The number of benzene rings is 1. The van der Waals surface area contributed by atoms with Crippen molar-refractivity contribution in [1.82, 2.24) is 5.32 Å². The van der Waals surface area contributed by atoms with Crippen LogP contribution in [0.4, 0.5) is 4.39 Å². The van der Waals surface area contributed by atoms with Crippen LogP contribution in [-0.2, 0) is 11.2 Å². The second kappa shape index (κ2) is 6.91. The Balaban J connectivity index is 2.46. The molecule has 0 saturated carbocycles. The zero-order valence-electron chi connectivity index (χ0n) is 10.5. The van der Waals surface area contributed by atoms with E-state index >= 15 is 0 Å². The van der Waals surface area contributed by atoms with Gasteiger partial charge in [0.05, 0.1) is 6.04 Å². The van der Waals surface area contributed by atoms with E-state index in [0.29, 0.717) is 12.8 Å². The highest BCUT2D eigenvalue weighted by atomic mass is 19.1. The van der Waals surface area contributed by atoms with Crippen molar-refractivity contribution in [3.63, 3.8) is 0 Å². The maximum Gasteiger partial charge on any atom is 0.237 e. The summed E-state index contributed by atoms with van der Waals surface area (Å²) in [6, 6.07) is 5.64. The summed E-state index contributed by atoms with van der Waals surface area (Å²) in [6.07, 6.45) is 2.72. The summed E-state index contributed by atoms with van der Waals surface area (Å²) in [5.74, 6) is -0.451. The molecule has 98 valence electrons. The van der Waals surface area contributed by atoms with Crippen molar-refractivity contribution in [2.45, 2.75) is 31.8 Å². The summed E-state index contributed by atoms with van der Waals surface area (Å²) in [6.45, 7) is 5.43. The van der Waals surface area contributed by atoms with E-state index in [0.717, 1.165) is 5.56 Å². The third-order valence-corrected chi connectivity index (χ3v) is 2.60. The Hall–Kier alpha value is -1.68. The lowest BCUT2D eigenvalue weighted by Crippen LogP contribution is -2.44. The minimum atomic E-state index is -0.557. The van der Waals surface area contributed by atoms with Crippen LogP contribution >= 0.6 is 0 Å². The van der Waals surface area contributed by atoms with Gasteiger partial charge in [-0.3, -0.25) is 4.79 Å². The SMILES string of the molecule is C=CCC(N)C(=O)NC(C)Cc1ccc(F)cc1. The van der Waals surface area contributed by atoms with Crippen LogP contribution in [0, 0.1) is 5.82 Å². The first kappa shape index (κ1) is 14.4. The maximum absolute atomic E-state index is 12.7. The van der Waals surface area contributed by atoms with Gasteiger partial charge in [-0.05, 0) is 37.5 Å². The topological polar surface area (TPSA) is 55.1 Å². The molecule has 0 heterocycles. The average molecular weight is 250 g/mol. The average Bonchev–Trinajstić information content (AvgIpc) is 2.32. The van der Waals surface area contributed by atoms with Crippen LogP contribution in [0.2, 0.25) is 0 Å². The Labute approximate surface area is 107 Å². The highest BCUT2D eigenvalue weighted by Crippen LogP contribution is 2.06. The van der Waals surface area contributed by atoms with Gasteiger partial charge in [0.1, 0.15) is 5.82 Å². The van der Waals surface area contributed by atoms with E-state index < -0.39 is 6.04 Å². The largest absolute Gasteiger partial charge is 0.352 e. The normalized spacial score (nSPS) is 13.7. The highest BCUT2D eigenvalue weighted by molar-refractivity contribution is 5.81. The van der Waals surface area contributed by atoms with Gasteiger partial charge in [-0.1, -0.05) is 18.2 Å². The summed E-state index contributed by atoms with van der Waals surface area (Å²) < 4.78 is 12.7. The Kier molecular flexibility index (Phi) is 5.52. The molecule has 0 aliphatic carbocycles. The molecule has 1 rings (SSSR count). The van der Waals surface area contributed by atoms with Crippen molar-refractivity contribution in [1.29, 1.82) is 0 Å². The quantitative estimate of drug-likeness (QED) is 0.756. The molecule has 3 N–H and O–H groups in total. The molecular weight excluding hydrogens is 231 g/mol. The number of rotatable bonds is 6. The molecular formula is C14H19FN2O. The van der Waals surface area contributed by atoms with Gasteiger partial charge in [0.25, 0.3) is 0 Å². The molecule has 0 fully saturated rings. The lowest BCUT2D eigenvalue weighted by atomic mass is 10.1. The third-order valence-electron chi connectivity index (χ3n) is 2.60. The van der Waals surface area contributed by atoms with Crippen LogP contribution in [0.5, 0.6) is 0 Å². The molecule has 0 aliphatic rings. The molecule has 2 atom stereocenters. The van der Waals surface area contributed by atoms with Gasteiger partial charge in [0.2, 0.25) is 5.91 Å². The molecule has 3 nitrogen and oxygen atoms in total. The molecule has 1 aromatic carbocycles. The van der Waals surface area contributed by atoms with Gasteiger partial charge in [0.15, 0.2) is 0 Å². The lowest BCUT2D eigenvalue weighted by Gasteiger charge is -2.16. The Morgan fingerprint density at radius 3 is 2.67 bits per heavy atom. The lowest BCUT2D eigenvalue weighted by molar-refractivity contribution is -0.122. The predicted octanol–water partition coefficient (Wildman–Crippen LogP) is 1.78. The molecule has 1 aromatic rings. The first-order valence-corrected chi connectivity index (χ1v) is 5.94. The number of hydrogen-bond donors (Lipinski definition) is 2. The first-order valence-electron chi connectivity index (χ1n) is 5.94. The van der Waals surface area contributed by atoms with Crippen LogP contribution in [0.1, 0.15) is 18.9 Å². The van der Waals surface area contributed by atoms with Gasteiger partial charge in [-0.2, -0.15) is 0 Å². The number of hydrogen-bond acceptors (Lipinski definition) is 2. The third kappa shape index (κ3) is 4.67. The molecule has 0 spiro atoms. The van der Waals surface area contributed by atoms with E-state index in [-0.39, 0.29) is 17.8 Å².